The zero-order valence-corrected chi connectivity index (χ0v) is 24.7. The van der Waals surface area contributed by atoms with Crippen molar-refractivity contribution in [1.82, 2.24) is 5.32 Å². The predicted molar refractivity (Wildman–Crippen MR) is 151 cm³/mol. The van der Waals surface area contributed by atoms with E-state index < -0.39 is 0 Å². The minimum absolute atomic E-state index is 0.00535. The molecular weight excluding hydrogens is 470 g/mol. The minimum Gasteiger partial charge on any atom is -0.381 e. The molecular formula is C30H57NO6. The molecule has 0 amide bonds. The molecule has 0 spiro atoms. The van der Waals surface area contributed by atoms with Gasteiger partial charge in [0.1, 0.15) is 13.2 Å². The average molecular weight is 528 g/mol. The van der Waals surface area contributed by atoms with Gasteiger partial charge in [-0.2, -0.15) is 0 Å². The molecule has 0 rings (SSSR count). The van der Waals surface area contributed by atoms with E-state index in [1.165, 1.54) is 19.3 Å². The van der Waals surface area contributed by atoms with Crippen LogP contribution in [0.15, 0.2) is 12.2 Å². The topological polar surface area (TPSA) is 83.1 Å². The summed E-state index contributed by atoms with van der Waals surface area (Å²) >= 11 is 0. The Bertz CT molecular complexity index is 578. The minimum atomic E-state index is 0.00535. The monoisotopic (exact) mass is 527 g/mol. The van der Waals surface area contributed by atoms with Crippen LogP contribution in [0.3, 0.4) is 0 Å². The number of hydrogen-bond acceptors (Lipinski definition) is 7. The number of carbonyl (C=O) groups is 2. The SMILES string of the molecule is CC(C)CCCCCOCCCOCC(=O)C(C)CCC(C)NCCOC/C=C\COCC(=O)C(C)C. The molecule has 7 heteroatoms. The molecule has 1 N–H and O–H groups in total. The van der Waals surface area contributed by atoms with Gasteiger partial charge >= 0.3 is 0 Å². The Kier molecular flexibility index (Phi) is 24.4. The molecule has 0 saturated carbocycles. The summed E-state index contributed by atoms with van der Waals surface area (Å²) in [6.45, 7) is 17.2. The van der Waals surface area contributed by atoms with Crippen molar-refractivity contribution in [3.63, 3.8) is 0 Å². The Balaban J connectivity index is 3.54. The molecule has 0 aliphatic carbocycles. The molecule has 0 aliphatic rings. The van der Waals surface area contributed by atoms with Crippen LogP contribution in [0.2, 0.25) is 0 Å². The normalized spacial score (nSPS) is 13.6. The molecule has 2 atom stereocenters. The van der Waals surface area contributed by atoms with Gasteiger partial charge in [-0.25, -0.2) is 0 Å². The second kappa shape index (κ2) is 25.2. The molecule has 37 heavy (non-hydrogen) atoms. The Morgan fingerprint density at radius 3 is 2.00 bits per heavy atom. The number of rotatable bonds is 27. The second-order valence-corrected chi connectivity index (χ2v) is 10.7. The van der Waals surface area contributed by atoms with Crippen LogP contribution in [0.4, 0.5) is 0 Å². The van der Waals surface area contributed by atoms with Crippen LogP contribution in [0.1, 0.15) is 86.5 Å². The first-order valence-corrected chi connectivity index (χ1v) is 14.5. The van der Waals surface area contributed by atoms with Gasteiger partial charge in [-0.3, -0.25) is 9.59 Å². The average Bonchev–Trinajstić information content (AvgIpc) is 2.86. The molecule has 2 unspecified atom stereocenters. The summed E-state index contributed by atoms with van der Waals surface area (Å²) in [6, 6.07) is 0.324. The fourth-order valence-corrected chi connectivity index (χ4v) is 3.44. The zero-order valence-electron chi connectivity index (χ0n) is 24.7. The van der Waals surface area contributed by atoms with Gasteiger partial charge in [0.25, 0.3) is 0 Å². The number of carbonyl (C=O) groups excluding carboxylic acids is 2. The van der Waals surface area contributed by atoms with Gasteiger partial charge in [0.05, 0.1) is 19.8 Å². The smallest absolute Gasteiger partial charge is 0.161 e. The lowest BCUT2D eigenvalue weighted by Crippen LogP contribution is -2.30. The van der Waals surface area contributed by atoms with Gasteiger partial charge in [-0.15, -0.1) is 0 Å². The van der Waals surface area contributed by atoms with E-state index in [0.29, 0.717) is 39.1 Å². The van der Waals surface area contributed by atoms with Crippen molar-refractivity contribution < 1.29 is 28.5 Å². The summed E-state index contributed by atoms with van der Waals surface area (Å²) in [5.74, 6) is 1.09. The van der Waals surface area contributed by atoms with E-state index in [9.17, 15) is 9.59 Å². The first kappa shape index (κ1) is 35.9. The molecule has 0 radical (unpaired) electrons. The number of Topliss-reactive ketones (excluding diaryl/α,β-unsaturated/α-hetero) is 2. The number of nitrogens with one attached hydrogen (secondary N) is 1. The van der Waals surface area contributed by atoms with Crippen LogP contribution in [-0.4, -0.2) is 77.0 Å². The van der Waals surface area contributed by atoms with Gasteiger partial charge in [-0.1, -0.05) is 66.0 Å². The molecule has 7 nitrogen and oxygen atoms in total. The van der Waals surface area contributed by atoms with Crippen LogP contribution in [0, 0.1) is 17.8 Å². The van der Waals surface area contributed by atoms with E-state index in [-0.39, 0.29) is 36.6 Å². The molecule has 0 aromatic heterocycles. The van der Waals surface area contributed by atoms with Gasteiger partial charge in [0.2, 0.25) is 0 Å². The molecule has 0 heterocycles. The third kappa shape index (κ3) is 24.9. The van der Waals surface area contributed by atoms with Crippen LogP contribution in [0.25, 0.3) is 0 Å². The number of ether oxygens (including phenoxy) is 4. The fourth-order valence-electron chi connectivity index (χ4n) is 3.44. The summed E-state index contributed by atoms with van der Waals surface area (Å²) in [5, 5.41) is 3.44. The summed E-state index contributed by atoms with van der Waals surface area (Å²) in [5.41, 5.74) is 0. The molecule has 0 aromatic carbocycles. The largest absolute Gasteiger partial charge is 0.381 e. The standard InChI is InChI=1S/C30H57NO6/c1-25(2)13-8-7-9-17-34-20-12-21-37-24-30(33)27(5)14-15-28(6)31-16-22-35-18-10-11-19-36-23-29(32)26(3)4/h10-11,25-28,31H,7-9,12-24H2,1-6H3/b11-10-. The first-order chi connectivity index (χ1) is 17.7. The first-order valence-electron chi connectivity index (χ1n) is 14.5. The van der Waals surface area contributed by atoms with Crippen LogP contribution < -0.4 is 5.32 Å². The molecule has 0 aliphatic heterocycles. The van der Waals surface area contributed by atoms with Crippen LogP contribution in [0.5, 0.6) is 0 Å². The Morgan fingerprint density at radius 2 is 1.30 bits per heavy atom. The summed E-state index contributed by atoms with van der Waals surface area (Å²) < 4.78 is 22.1. The Morgan fingerprint density at radius 1 is 0.649 bits per heavy atom. The van der Waals surface area contributed by atoms with E-state index in [4.69, 9.17) is 18.9 Å². The number of hydrogen-bond donors (Lipinski definition) is 1. The maximum atomic E-state index is 12.3. The molecule has 218 valence electrons. The lowest BCUT2D eigenvalue weighted by atomic mass is 9.98. The highest BCUT2D eigenvalue weighted by molar-refractivity contribution is 5.82. The Labute approximate surface area is 227 Å². The third-order valence-corrected chi connectivity index (χ3v) is 6.20. The van der Waals surface area contributed by atoms with Crippen molar-refractivity contribution in [3.8, 4) is 0 Å². The van der Waals surface area contributed by atoms with E-state index in [1.807, 2.05) is 32.9 Å². The van der Waals surface area contributed by atoms with Gasteiger partial charge in [0.15, 0.2) is 11.6 Å². The predicted octanol–water partition coefficient (Wildman–Crippen LogP) is 5.40. The van der Waals surface area contributed by atoms with E-state index in [2.05, 4.69) is 26.1 Å². The maximum absolute atomic E-state index is 12.3. The number of ketones is 2. The summed E-state index contributed by atoms with van der Waals surface area (Å²) in [4.78, 5) is 23.7. The van der Waals surface area contributed by atoms with Crippen molar-refractivity contribution in [2.75, 3.05) is 59.4 Å². The van der Waals surface area contributed by atoms with Gasteiger partial charge < -0.3 is 24.3 Å². The van der Waals surface area contributed by atoms with Gasteiger partial charge in [-0.05, 0) is 38.5 Å². The van der Waals surface area contributed by atoms with Crippen molar-refractivity contribution in [2.45, 2.75) is 92.5 Å². The van der Waals surface area contributed by atoms with Crippen molar-refractivity contribution in [2.24, 2.45) is 17.8 Å². The zero-order chi connectivity index (χ0) is 27.7. The fraction of sp³-hybridized carbons (Fsp3) is 0.867. The Hall–Kier alpha value is -1.12. The second-order valence-electron chi connectivity index (χ2n) is 10.7. The van der Waals surface area contributed by atoms with Crippen molar-refractivity contribution >= 4 is 11.6 Å². The third-order valence-electron chi connectivity index (χ3n) is 6.20. The molecule has 0 fully saturated rings. The van der Waals surface area contributed by atoms with Crippen LogP contribution in [-0.2, 0) is 28.5 Å². The highest BCUT2D eigenvalue weighted by Crippen LogP contribution is 2.10. The molecule has 0 saturated heterocycles. The highest BCUT2D eigenvalue weighted by atomic mass is 16.5. The summed E-state index contributed by atoms with van der Waals surface area (Å²) in [7, 11) is 0. The van der Waals surface area contributed by atoms with Crippen molar-refractivity contribution in [1.29, 1.82) is 0 Å². The molecule has 0 bridgehead atoms. The molecule has 0 aromatic rings. The quantitative estimate of drug-likeness (QED) is 0.113. The lowest BCUT2D eigenvalue weighted by molar-refractivity contribution is -0.127. The lowest BCUT2D eigenvalue weighted by Gasteiger charge is -2.16. The van der Waals surface area contributed by atoms with E-state index in [1.54, 1.807) is 0 Å². The van der Waals surface area contributed by atoms with Crippen molar-refractivity contribution in [3.05, 3.63) is 12.2 Å². The van der Waals surface area contributed by atoms with Crippen LogP contribution >= 0.6 is 0 Å². The summed E-state index contributed by atoms with van der Waals surface area (Å²) in [6.07, 6.45) is 11.3. The van der Waals surface area contributed by atoms with E-state index in [0.717, 1.165) is 44.8 Å². The van der Waals surface area contributed by atoms with E-state index >= 15 is 0 Å². The maximum Gasteiger partial charge on any atom is 0.161 e. The number of unbranched alkanes of at least 4 members (excludes halogenated alkanes) is 2. The highest BCUT2D eigenvalue weighted by Gasteiger charge is 2.14. The van der Waals surface area contributed by atoms with Gasteiger partial charge in [0, 0.05) is 44.2 Å².